The first kappa shape index (κ1) is 14.0. The number of nitrogens with zero attached hydrogens (tertiary/aromatic N) is 3. The highest BCUT2D eigenvalue weighted by Gasteiger charge is 1.99. The number of hydrogen-bond acceptors (Lipinski definition) is 3. The van der Waals surface area contributed by atoms with Crippen LogP contribution in [0.5, 0.6) is 0 Å². The van der Waals surface area contributed by atoms with Crippen molar-refractivity contribution in [2.45, 2.75) is 39.8 Å². The van der Waals surface area contributed by atoms with E-state index < -0.39 is 0 Å². The molecule has 7 nitrogen and oxygen atoms in total. The van der Waals surface area contributed by atoms with Crippen molar-refractivity contribution in [3.8, 4) is 0 Å². The average Bonchev–Trinajstić information content (AvgIpc) is 2.87. The molecule has 0 aliphatic rings. The SMILES string of the molecule is CC(C)n1cc[nH]c1=O.CC(C)n1nc[nH]c1=O. The molecule has 0 aliphatic heterocycles. The molecule has 0 aliphatic carbocycles. The van der Waals surface area contributed by atoms with Crippen molar-refractivity contribution in [1.82, 2.24) is 24.3 Å². The van der Waals surface area contributed by atoms with Gasteiger partial charge in [-0.1, -0.05) is 0 Å². The summed E-state index contributed by atoms with van der Waals surface area (Å²) in [4.78, 5) is 26.5. The quantitative estimate of drug-likeness (QED) is 0.833. The van der Waals surface area contributed by atoms with E-state index >= 15 is 0 Å². The first-order chi connectivity index (χ1) is 8.43. The summed E-state index contributed by atoms with van der Waals surface area (Å²) in [7, 11) is 0. The van der Waals surface area contributed by atoms with E-state index in [0.717, 1.165) is 0 Å². The lowest BCUT2D eigenvalue weighted by Crippen LogP contribution is -2.19. The predicted molar refractivity (Wildman–Crippen MR) is 68.7 cm³/mol. The van der Waals surface area contributed by atoms with E-state index in [0.29, 0.717) is 0 Å². The number of hydrogen-bond donors (Lipinski definition) is 2. The van der Waals surface area contributed by atoms with Crippen molar-refractivity contribution >= 4 is 0 Å². The molecule has 0 atom stereocenters. The molecule has 18 heavy (non-hydrogen) atoms. The zero-order valence-corrected chi connectivity index (χ0v) is 11.0. The van der Waals surface area contributed by atoms with Gasteiger partial charge in [0.2, 0.25) is 0 Å². The minimum Gasteiger partial charge on any atom is -0.313 e. The Labute approximate surface area is 104 Å². The Morgan fingerprint density at radius 2 is 1.72 bits per heavy atom. The zero-order chi connectivity index (χ0) is 13.7. The van der Waals surface area contributed by atoms with Crippen molar-refractivity contribution in [3.63, 3.8) is 0 Å². The summed E-state index contributed by atoms with van der Waals surface area (Å²) < 4.78 is 3.03. The molecular weight excluding hydrogens is 234 g/mol. The largest absolute Gasteiger partial charge is 0.343 e. The van der Waals surface area contributed by atoms with Crippen LogP contribution in [0.2, 0.25) is 0 Å². The van der Waals surface area contributed by atoms with Crippen LogP contribution in [-0.2, 0) is 0 Å². The third-order valence-electron chi connectivity index (χ3n) is 2.30. The van der Waals surface area contributed by atoms with Crippen LogP contribution in [-0.4, -0.2) is 24.3 Å². The fourth-order valence-corrected chi connectivity index (χ4v) is 1.37. The first-order valence-corrected chi connectivity index (χ1v) is 5.81. The number of aromatic nitrogens is 5. The number of nitrogens with one attached hydrogen (secondary N) is 2. The smallest absolute Gasteiger partial charge is 0.313 e. The second kappa shape index (κ2) is 6.04. The van der Waals surface area contributed by atoms with E-state index in [1.807, 2.05) is 27.7 Å². The van der Waals surface area contributed by atoms with E-state index in [2.05, 4.69) is 15.1 Å². The highest BCUT2D eigenvalue weighted by molar-refractivity contribution is 4.78. The second-order valence-corrected chi connectivity index (χ2v) is 4.40. The summed E-state index contributed by atoms with van der Waals surface area (Å²) in [5.41, 5.74) is -0.185. The zero-order valence-electron chi connectivity index (χ0n) is 11.0. The molecule has 2 rings (SSSR count). The Morgan fingerprint density at radius 3 is 1.94 bits per heavy atom. The molecule has 0 saturated heterocycles. The van der Waals surface area contributed by atoms with Gasteiger partial charge < -0.3 is 4.98 Å². The Kier molecular flexibility index (Phi) is 4.70. The molecule has 0 unspecified atom stereocenters. The fraction of sp³-hybridized carbons (Fsp3) is 0.545. The van der Waals surface area contributed by atoms with Gasteiger partial charge in [-0.05, 0) is 27.7 Å². The molecule has 100 valence electrons. The number of H-pyrrole nitrogens is 2. The van der Waals surface area contributed by atoms with Gasteiger partial charge >= 0.3 is 11.4 Å². The van der Waals surface area contributed by atoms with Crippen LogP contribution in [0, 0.1) is 0 Å². The van der Waals surface area contributed by atoms with Crippen molar-refractivity contribution in [1.29, 1.82) is 0 Å². The summed E-state index contributed by atoms with van der Waals surface area (Å²) in [5, 5.41) is 3.76. The van der Waals surface area contributed by atoms with Crippen LogP contribution in [0.4, 0.5) is 0 Å². The third-order valence-corrected chi connectivity index (χ3v) is 2.30. The lowest BCUT2D eigenvalue weighted by Gasteiger charge is -2.01. The minimum absolute atomic E-state index is 0.0370. The fourth-order valence-electron chi connectivity index (χ4n) is 1.37. The van der Waals surface area contributed by atoms with E-state index in [-0.39, 0.29) is 23.5 Å². The molecule has 0 bridgehead atoms. The van der Waals surface area contributed by atoms with Crippen LogP contribution < -0.4 is 11.4 Å². The lowest BCUT2D eigenvalue weighted by atomic mass is 10.4. The normalized spacial score (nSPS) is 10.6. The van der Waals surface area contributed by atoms with Crippen molar-refractivity contribution in [3.05, 3.63) is 39.7 Å². The maximum atomic E-state index is 10.8. The van der Waals surface area contributed by atoms with Gasteiger partial charge in [-0.15, -0.1) is 0 Å². The monoisotopic (exact) mass is 253 g/mol. The molecule has 2 aromatic rings. The van der Waals surface area contributed by atoms with Gasteiger partial charge in [-0.3, -0.25) is 9.55 Å². The van der Waals surface area contributed by atoms with Gasteiger partial charge in [0.1, 0.15) is 6.33 Å². The molecule has 2 heterocycles. The number of aromatic amines is 2. The molecule has 2 N–H and O–H groups in total. The number of rotatable bonds is 2. The molecule has 2 aromatic heterocycles. The third kappa shape index (κ3) is 3.47. The molecule has 0 amide bonds. The van der Waals surface area contributed by atoms with Gasteiger partial charge in [-0.2, -0.15) is 5.10 Å². The summed E-state index contributed by atoms with van der Waals surface area (Å²) in [6.07, 6.45) is 4.78. The summed E-state index contributed by atoms with van der Waals surface area (Å²) in [5.74, 6) is 0. The standard InChI is InChI=1S/C6H10N2O.C5H9N3O/c1-5(2)8-4-3-7-6(8)9;1-4(2)8-5(9)6-3-7-8/h3-5H,1-2H3,(H,7,9);3-4H,1-2H3,(H,6,7,9). The van der Waals surface area contributed by atoms with Gasteiger partial charge in [0.05, 0.1) is 6.04 Å². The van der Waals surface area contributed by atoms with Crippen LogP contribution in [0.1, 0.15) is 39.8 Å². The Bertz CT molecular complexity index is 520. The van der Waals surface area contributed by atoms with E-state index in [1.54, 1.807) is 17.0 Å². The summed E-state index contributed by atoms with van der Waals surface area (Å²) in [6, 6.07) is 0.396. The Hall–Kier alpha value is -2.05. The van der Waals surface area contributed by atoms with Gasteiger partial charge in [0.25, 0.3) is 0 Å². The van der Waals surface area contributed by atoms with Gasteiger partial charge in [-0.25, -0.2) is 14.3 Å². The number of imidazole rings is 1. The van der Waals surface area contributed by atoms with E-state index in [4.69, 9.17) is 0 Å². The summed E-state index contributed by atoms with van der Waals surface area (Å²) >= 11 is 0. The maximum Gasteiger partial charge on any atom is 0.343 e. The summed E-state index contributed by atoms with van der Waals surface area (Å²) in [6.45, 7) is 7.74. The van der Waals surface area contributed by atoms with Gasteiger partial charge in [0.15, 0.2) is 0 Å². The van der Waals surface area contributed by atoms with E-state index in [9.17, 15) is 9.59 Å². The van der Waals surface area contributed by atoms with Crippen molar-refractivity contribution in [2.75, 3.05) is 0 Å². The lowest BCUT2D eigenvalue weighted by molar-refractivity contribution is 0.514. The average molecular weight is 253 g/mol. The second-order valence-electron chi connectivity index (χ2n) is 4.40. The van der Waals surface area contributed by atoms with Gasteiger partial charge in [0, 0.05) is 18.4 Å². The topological polar surface area (TPSA) is 88.5 Å². The van der Waals surface area contributed by atoms with E-state index in [1.165, 1.54) is 11.0 Å². The first-order valence-electron chi connectivity index (χ1n) is 5.81. The van der Waals surface area contributed by atoms with Crippen LogP contribution in [0.15, 0.2) is 28.3 Å². The molecule has 0 aromatic carbocycles. The molecule has 7 heteroatoms. The maximum absolute atomic E-state index is 10.8. The minimum atomic E-state index is -0.148. The Morgan fingerprint density at radius 1 is 1.06 bits per heavy atom. The van der Waals surface area contributed by atoms with Crippen LogP contribution >= 0.6 is 0 Å². The molecule has 0 fully saturated rings. The molecule has 0 saturated carbocycles. The van der Waals surface area contributed by atoms with Crippen molar-refractivity contribution < 1.29 is 0 Å². The van der Waals surface area contributed by atoms with Crippen molar-refractivity contribution in [2.24, 2.45) is 0 Å². The van der Waals surface area contributed by atoms with Crippen LogP contribution in [0.3, 0.4) is 0 Å². The molecular formula is C11H19N5O2. The Balaban J connectivity index is 0.000000180. The molecule has 0 spiro atoms. The molecule has 0 radical (unpaired) electrons. The predicted octanol–water partition coefficient (Wildman–Crippen LogP) is 0.910. The highest BCUT2D eigenvalue weighted by Crippen LogP contribution is 1.95. The highest BCUT2D eigenvalue weighted by atomic mass is 16.2. The van der Waals surface area contributed by atoms with Crippen LogP contribution in [0.25, 0.3) is 0 Å².